The first-order valence-electron chi connectivity index (χ1n) is 3.42. The van der Waals surface area contributed by atoms with E-state index in [0.29, 0.717) is 5.03 Å². The second kappa shape index (κ2) is 3.21. The number of hydrogen-bond donors (Lipinski definition) is 1. The lowest BCUT2D eigenvalue weighted by Crippen LogP contribution is -2.34. The molecular weight excluding hydrogens is 199 g/mol. The number of rotatable bonds is 1. The van der Waals surface area contributed by atoms with Crippen LogP contribution in [0.3, 0.4) is 0 Å². The van der Waals surface area contributed by atoms with Crippen molar-refractivity contribution in [2.75, 3.05) is 0 Å². The average Bonchev–Trinajstić information content (AvgIpc) is 1.82. The number of halogens is 2. The van der Waals surface area contributed by atoms with Gasteiger partial charge in [0, 0.05) is 5.03 Å². The van der Waals surface area contributed by atoms with Crippen molar-refractivity contribution in [3.05, 3.63) is 23.3 Å². The van der Waals surface area contributed by atoms with E-state index in [1.54, 1.807) is 6.08 Å². The van der Waals surface area contributed by atoms with E-state index in [1.165, 1.54) is 19.1 Å². The number of carbonyl (C=O) groups excluding carboxylic acids is 1. The molecule has 2 unspecified atom stereocenters. The van der Waals surface area contributed by atoms with Gasteiger partial charge in [-0.2, -0.15) is 0 Å². The summed E-state index contributed by atoms with van der Waals surface area (Å²) in [6.07, 6.45) is 4.30. The van der Waals surface area contributed by atoms with E-state index in [9.17, 15) is 9.90 Å². The molecule has 0 spiro atoms. The molecule has 0 aliphatic heterocycles. The number of carbonyl (C=O) groups is 1. The normalized spacial score (nSPS) is 34.7. The third-order valence-corrected chi connectivity index (χ3v) is 2.24. The van der Waals surface area contributed by atoms with E-state index in [0.717, 1.165) is 0 Å². The molecule has 0 fully saturated rings. The van der Waals surface area contributed by atoms with Crippen molar-refractivity contribution >= 4 is 29.0 Å². The third-order valence-electron chi connectivity index (χ3n) is 1.66. The molecule has 12 heavy (non-hydrogen) atoms. The van der Waals surface area contributed by atoms with Gasteiger partial charge in [0.25, 0.3) is 0 Å². The molecule has 0 amide bonds. The number of Topliss-reactive ketones (excluding diaryl/α,β-unsaturated/α-hetero) is 1. The first-order valence-corrected chi connectivity index (χ1v) is 4.17. The number of allylic oxidation sites excluding steroid dienone is 2. The zero-order valence-corrected chi connectivity index (χ0v) is 7.93. The summed E-state index contributed by atoms with van der Waals surface area (Å²) in [7, 11) is 0. The Kier molecular flexibility index (Phi) is 2.61. The topological polar surface area (TPSA) is 37.3 Å². The number of ketones is 1. The van der Waals surface area contributed by atoms with Gasteiger partial charge in [0.05, 0.1) is 5.92 Å². The van der Waals surface area contributed by atoms with E-state index in [2.05, 4.69) is 0 Å². The van der Waals surface area contributed by atoms with E-state index in [4.69, 9.17) is 23.2 Å². The Labute approximate surface area is 80.5 Å². The van der Waals surface area contributed by atoms with Crippen LogP contribution < -0.4 is 0 Å². The third kappa shape index (κ3) is 1.89. The number of aliphatic hydroxyl groups is 1. The van der Waals surface area contributed by atoms with Crippen LogP contribution in [-0.2, 0) is 4.79 Å². The van der Waals surface area contributed by atoms with Gasteiger partial charge in [0.2, 0.25) is 0 Å². The molecule has 0 saturated carbocycles. The monoisotopic (exact) mass is 206 g/mol. The quantitative estimate of drug-likeness (QED) is 0.665. The lowest BCUT2D eigenvalue weighted by molar-refractivity contribution is -0.122. The molecule has 0 aromatic carbocycles. The Morgan fingerprint density at radius 1 is 1.75 bits per heavy atom. The second-order valence-corrected chi connectivity index (χ2v) is 3.75. The Hall–Kier alpha value is -0.310. The summed E-state index contributed by atoms with van der Waals surface area (Å²) in [4.78, 5) is 11.0. The van der Waals surface area contributed by atoms with Crippen molar-refractivity contribution in [3.8, 4) is 0 Å². The molecule has 0 saturated heterocycles. The summed E-state index contributed by atoms with van der Waals surface area (Å²) in [5.74, 6) is -0.897. The fourth-order valence-corrected chi connectivity index (χ4v) is 1.71. The summed E-state index contributed by atoms with van der Waals surface area (Å²) in [5.41, 5.74) is 0. The smallest absolute Gasteiger partial charge is 0.172 e. The van der Waals surface area contributed by atoms with Crippen LogP contribution in [0.2, 0.25) is 0 Å². The predicted molar refractivity (Wildman–Crippen MR) is 48.0 cm³/mol. The largest absolute Gasteiger partial charge is 0.370 e. The molecule has 4 heteroatoms. The highest BCUT2D eigenvalue weighted by molar-refractivity contribution is 6.33. The van der Waals surface area contributed by atoms with Gasteiger partial charge in [-0.3, -0.25) is 4.79 Å². The lowest BCUT2D eigenvalue weighted by atomic mass is 9.93. The number of hydrogen-bond acceptors (Lipinski definition) is 2. The second-order valence-electron chi connectivity index (χ2n) is 2.70. The van der Waals surface area contributed by atoms with E-state index in [1.807, 2.05) is 0 Å². The first kappa shape index (κ1) is 9.78. The summed E-state index contributed by atoms with van der Waals surface area (Å²) < 4.78 is 0. The van der Waals surface area contributed by atoms with Crippen molar-refractivity contribution in [1.29, 1.82) is 0 Å². The molecule has 0 radical (unpaired) electrons. The van der Waals surface area contributed by atoms with Crippen LogP contribution in [0.4, 0.5) is 0 Å². The predicted octanol–water partition coefficient (Wildman–Crippen LogP) is 1.81. The SMILES string of the molecule is CC(=O)C1C=CC(Cl)=CC1(O)Cl. The highest BCUT2D eigenvalue weighted by Crippen LogP contribution is 2.32. The zero-order chi connectivity index (χ0) is 9.35. The van der Waals surface area contributed by atoms with Gasteiger partial charge in [-0.1, -0.05) is 29.3 Å². The molecule has 2 atom stereocenters. The van der Waals surface area contributed by atoms with Gasteiger partial charge >= 0.3 is 0 Å². The molecule has 1 rings (SSSR count). The molecule has 0 heterocycles. The minimum Gasteiger partial charge on any atom is -0.370 e. The molecule has 66 valence electrons. The Morgan fingerprint density at radius 3 is 2.75 bits per heavy atom. The molecule has 2 nitrogen and oxygen atoms in total. The maximum Gasteiger partial charge on any atom is 0.172 e. The highest BCUT2D eigenvalue weighted by atomic mass is 35.5. The molecule has 1 N–H and O–H groups in total. The lowest BCUT2D eigenvalue weighted by Gasteiger charge is -2.25. The van der Waals surface area contributed by atoms with Crippen LogP contribution in [0.5, 0.6) is 0 Å². The van der Waals surface area contributed by atoms with Gasteiger partial charge in [0.1, 0.15) is 5.78 Å². The van der Waals surface area contributed by atoms with Gasteiger partial charge in [-0.05, 0) is 19.1 Å². The molecule has 0 aromatic heterocycles. The average molecular weight is 207 g/mol. The van der Waals surface area contributed by atoms with Crippen LogP contribution in [0.15, 0.2) is 23.3 Å². The fourth-order valence-electron chi connectivity index (χ4n) is 1.07. The molecular formula is C8H8Cl2O2. The van der Waals surface area contributed by atoms with Gasteiger partial charge in [-0.25, -0.2) is 0 Å². The zero-order valence-electron chi connectivity index (χ0n) is 6.42. The van der Waals surface area contributed by atoms with Crippen LogP contribution in [0.1, 0.15) is 6.92 Å². The fraction of sp³-hybridized carbons (Fsp3) is 0.375. The molecule has 0 bridgehead atoms. The Balaban J connectivity index is 2.96. The highest BCUT2D eigenvalue weighted by Gasteiger charge is 2.36. The minimum absolute atomic E-state index is 0.191. The van der Waals surface area contributed by atoms with E-state index in [-0.39, 0.29) is 5.78 Å². The summed E-state index contributed by atoms with van der Waals surface area (Å²) >= 11 is 11.2. The Bertz CT molecular complexity index is 266. The minimum atomic E-state index is -1.67. The van der Waals surface area contributed by atoms with Crippen molar-refractivity contribution in [2.24, 2.45) is 5.92 Å². The maximum atomic E-state index is 11.0. The van der Waals surface area contributed by atoms with Crippen molar-refractivity contribution in [1.82, 2.24) is 0 Å². The molecule has 1 aliphatic rings. The first-order chi connectivity index (χ1) is 5.43. The van der Waals surface area contributed by atoms with Crippen molar-refractivity contribution in [2.45, 2.75) is 12.0 Å². The van der Waals surface area contributed by atoms with Crippen LogP contribution in [-0.4, -0.2) is 16.0 Å². The Morgan fingerprint density at radius 2 is 2.33 bits per heavy atom. The van der Waals surface area contributed by atoms with Crippen molar-refractivity contribution in [3.63, 3.8) is 0 Å². The standard InChI is InChI=1S/C8H8Cl2O2/c1-5(11)7-3-2-6(9)4-8(7,10)12/h2-4,7,12H,1H3. The molecule has 0 aromatic rings. The van der Waals surface area contributed by atoms with Gasteiger partial charge in [-0.15, -0.1) is 0 Å². The van der Waals surface area contributed by atoms with Crippen LogP contribution >= 0.6 is 23.2 Å². The van der Waals surface area contributed by atoms with Gasteiger partial charge in [0.15, 0.2) is 5.06 Å². The van der Waals surface area contributed by atoms with Gasteiger partial charge < -0.3 is 5.11 Å². The van der Waals surface area contributed by atoms with Crippen LogP contribution in [0.25, 0.3) is 0 Å². The maximum absolute atomic E-state index is 11.0. The summed E-state index contributed by atoms with van der Waals surface area (Å²) in [6, 6.07) is 0. The summed E-state index contributed by atoms with van der Waals surface area (Å²) in [6.45, 7) is 1.37. The molecule has 1 aliphatic carbocycles. The van der Waals surface area contributed by atoms with Crippen LogP contribution in [0, 0.1) is 5.92 Å². The summed E-state index contributed by atoms with van der Waals surface area (Å²) in [5, 5.41) is 8.18. The van der Waals surface area contributed by atoms with E-state index < -0.39 is 11.0 Å². The van der Waals surface area contributed by atoms with Crippen molar-refractivity contribution < 1.29 is 9.90 Å². The van der Waals surface area contributed by atoms with E-state index >= 15 is 0 Å². The number of alkyl halides is 1.